The van der Waals surface area contributed by atoms with Gasteiger partial charge in [0.15, 0.2) is 5.82 Å². The Morgan fingerprint density at radius 3 is 1.80 bits per heavy atom. The summed E-state index contributed by atoms with van der Waals surface area (Å²) in [7, 11) is 0. The van der Waals surface area contributed by atoms with E-state index in [1.54, 1.807) is 0 Å². The molecule has 0 aliphatic carbocycles. The number of nitrogens with zero attached hydrogens (tertiary/aromatic N) is 3. The first-order chi connectivity index (χ1) is 24.8. The highest BCUT2D eigenvalue weighted by Gasteiger charge is 2.22. The summed E-state index contributed by atoms with van der Waals surface area (Å²) in [6.45, 7) is 0. The van der Waals surface area contributed by atoms with Crippen LogP contribution in [-0.4, -0.2) is 15.0 Å². The number of furan rings is 2. The van der Waals surface area contributed by atoms with Crippen molar-refractivity contribution in [1.29, 1.82) is 0 Å². The van der Waals surface area contributed by atoms with Gasteiger partial charge in [0.05, 0.1) is 11.4 Å². The monoisotopic (exact) mass is 641 g/mol. The molecular weight excluding hydrogens is 615 g/mol. The second-order valence-corrected chi connectivity index (χ2v) is 12.4. The van der Waals surface area contributed by atoms with Crippen molar-refractivity contribution in [3.05, 3.63) is 164 Å². The van der Waals surface area contributed by atoms with Crippen molar-refractivity contribution < 1.29 is 8.83 Å². The molecule has 0 amide bonds. The second kappa shape index (κ2) is 11.4. The lowest BCUT2D eigenvalue weighted by Crippen LogP contribution is -1.96. The van der Waals surface area contributed by atoms with Crippen molar-refractivity contribution >= 4 is 43.9 Å². The first kappa shape index (κ1) is 28.2. The van der Waals surface area contributed by atoms with Crippen LogP contribution in [0.4, 0.5) is 0 Å². The summed E-state index contributed by atoms with van der Waals surface area (Å²) in [5, 5.41) is 4.20. The zero-order valence-corrected chi connectivity index (χ0v) is 26.7. The van der Waals surface area contributed by atoms with Gasteiger partial charge in [-0.15, -0.1) is 0 Å². The first-order valence-electron chi connectivity index (χ1n) is 16.6. The number of aromatic nitrogens is 3. The fourth-order valence-electron chi connectivity index (χ4n) is 7.04. The lowest BCUT2D eigenvalue weighted by molar-refractivity contribution is 0.665. The molecule has 234 valence electrons. The van der Waals surface area contributed by atoms with Crippen LogP contribution >= 0.6 is 0 Å². The van der Waals surface area contributed by atoms with Crippen molar-refractivity contribution in [3.63, 3.8) is 0 Å². The van der Waals surface area contributed by atoms with Gasteiger partial charge in [-0.3, -0.25) is 4.98 Å². The zero-order chi connectivity index (χ0) is 33.0. The van der Waals surface area contributed by atoms with E-state index in [0.717, 1.165) is 94.2 Å². The fourth-order valence-corrected chi connectivity index (χ4v) is 7.04. The number of fused-ring (bicyclic) bond motifs is 6. The Balaban J connectivity index is 1.20. The predicted octanol–water partition coefficient (Wildman–Crippen LogP) is 12.0. The molecule has 0 atom stereocenters. The molecule has 0 saturated carbocycles. The van der Waals surface area contributed by atoms with Crippen LogP contribution in [0.1, 0.15) is 0 Å². The van der Waals surface area contributed by atoms with Gasteiger partial charge in [-0.1, -0.05) is 115 Å². The molecule has 5 nitrogen and oxygen atoms in total. The molecule has 0 fully saturated rings. The van der Waals surface area contributed by atoms with E-state index in [9.17, 15) is 0 Å². The molecule has 4 aromatic heterocycles. The molecule has 10 aromatic rings. The second-order valence-electron chi connectivity index (χ2n) is 12.4. The van der Waals surface area contributed by atoms with Crippen molar-refractivity contribution in [1.82, 2.24) is 15.0 Å². The SMILES string of the molecule is c1ccc(-c2nc(-c3ccc(-c4ccncc4)cc3)cc(-c3ccc(-c4cccc5c4oc4ccccc45)c4oc5ccccc5c34)n2)cc1. The molecule has 6 aromatic carbocycles. The zero-order valence-electron chi connectivity index (χ0n) is 26.7. The maximum absolute atomic E-state index is 6.72. The fraction of sp³-hybridized carbons (Fsp3) is 0. The summed E-state index contributed by atoms with van der Waals surface area (Å²) in [4.78, 5) is 14.5. The van der Waals surface area contributed by atoms with Gasteiger partial charge in [0.2, 0.25) is 0 Å². The molecule has 0 radical (unpaired) electrons. The summed E-state index contributed by atoms with van der Waals surface area (Å²) < 4.78 is 13.2. The Hall–Kier alpha value is -6.85. The summed E-state index contributed by atoms with van der Waals surface area (Å²) in [6, 6.07) is 51.8. The first-order valence-corrected chi connectivity index (χ1v) is 16.6. The smallest absolute Gasteiger partial charge is 0.160 e. The Labute approximate surface area is 287 Å². The van der Waals surface area contributed by atoms with E-state index in [4.69, 9.17) is 18.8 Å². The largest absolute Gasteiger partial charge is 0.455 e. The van der Waals surface area contributed by atoms with Gasteiger partial charge in [0.25, 0.3) is 0 Å². The lowest BCUT2D eigenvalue weighted by atomic mass is 9.95. The maximum Gasteiger partial charge on any atom is 0.160 e. The van der Waals surface area contributed by atoms with Gasteiger partial charge in [-0.2, -0.15) is 0 Å². The highest BCUT2D eigenvalue weighted by molar-refractivity contribution is 6.18. The minimum absolute atomic E-state index is 0.661. The van der Waals surface area contributed by atoms with Crippen LogP contribution in [0.3, 0.4) is 0 Å². The van der Waals surface area contributed by atoms with Crippen LogP contribution in [-0.2, 0) is 0 Å². The summed E-state index contributed by atoms with van der Waals surface area (Å²) in [6.07, 6.45) is 3.63. The van der Waals surface area contributed by atoms with Crippen LogP contribution in [0.15, 0.2) is 173 Å². The standard InChI is InChI=1S/C45H27N3O2/c1-2-9-31(10-3-1)45-47-38(30-19-17-28(18-20-30)29-23-25-46-26-24-29)27-39(48-45)36-22-21-35(44-42(36)37-12-5-7-16-41(37)50-44)34-14-8-13-33-32-11-4-6-15-40(32)49-43(33)34/h1-27H. The number of benzene rings is 6. The normalized spacial score (nSPS) is 11.6. The molecule has 4 heterocycles. The highest BCUT2D eigenvalue weighted by Crippen LogP contribution is 2.44. The molecule has 10 rings (SSSR count). The van der Waals surface area contributed by atoms with Crippen molar-refractivity contribution in [2.24, 2.45) is 0 Å². The van der Waals surface area contributed by atoms with Crippen LogP contribution in [0.5, 0.6) is 0 Å². The van der Waals surface area contributed by atoms with Gasteiger partial charge in [-0.05, 0) is 47.5 Å². The number of para-hydroxylation sites is 3. The molecule has 0 saturated heterocycles. The van der Waals surface area contributed by atoms with Crippen LogP contribution in [0, 0.1) is 0 Å². The molecule has 0 aliphatic heterocycles. The van der Waals surface area contributed by atoms with Crippen LogP contribution in [0.2, 0.25) is 0 Å². The molecule has 0 spiro atoms. The van der Waals surface area contributed by atoms with E-state index in [2.05, 4.69) is 96.0 Å². The average molecular weight is 642 g/mol. The minimum atomic E-state index is 0.661. The van der Waals surface area contributed by atoms with E-state index >= 15 is 0 Å². The van der Waals surface area contributed by atoms with Crippen LogP contribution < -0.4 is 0 Å². The molecule has 0 aliphatic rings. The van der Waals surface area contributed by atoms with Gasteiger partial charge in [0, 0.05) is 61.8 Å². The maximum atomic E-state index is 6.72. The van der Waals surface area contributed by atoms with E-state index in [1.165, 1.54) is 0 Å². The Kier molecular flexibility index (Phi) is 6.42. The number of pyridine rings is 1. The van der Waals surface area contributed by atoms with E-state index < -0.39 is 0 Å². The molecule has 0 bridgehead atoms. The summed E-state index contributed by atoms with van der Waals surface area (Å²) in [5.41, 5.74) is 12.1. The molecule has 0 N–H and O–H groups in total. The van der Waals surface area contributed by atoms with Gasteiger partial charge >= 0.3 is 0 Å². The van der Waals surface area contributed by atoms with Crippen molar-refractivity contribution in [2.45, 2.75) is 0 Å². The number of hydrogen-bond acceptors (Lipinski definition) is 5. The topological polar surface area (TPSA) is 65.0 Å². The minimum Gasteiger partial charge on any atom is -0.455 e. The average Bonchev–Trinajstić information content (AvgIpc) is 3.78. The molecular formula is C45H27N3O2. The summed E-state index contributed by atoms with van der Waals surface area (Å²) >= 11 is 0. The quantitative estimate of drug-likeness (QED) is 0.187. The van der Waals surface area contributed by atoms with E-state index in [-0.39, 0.29) is 0 Å². The van der Waals surface area contributed by atoms with Gasteiger partial charge < -0.3 is 8.83 Å². The lowest BCUT2D eigenvalue weighted by Gasteiger charge is -2.12. The molecule has 0 unspecified atom stereocenters. The Bertz CT molecular complexity index is 2850. The third kappa shape index (κ3) is 4.60. The Morgan fingerprint density at radius 1 is 0.380 bits per heavy atom. The third-order valence-corrected chi connectivity index (χ3v) is 9.45. The number of hydrogen-bond donors (Lipinski definition) is 0. The molecule has 50 heavy (non-hydrogen) atoms. The Morgan fingerprint density at radius 2 is 0.980 bits per heavy atom. The van der Waals surface area contributed by atoms with E-state index in [0.29, 0.717) is 5.82 Å². The van der Waals surface area contributed by atoms with Gasteiger partial charge in [-0.25, -0.2) is 9.97 Å². The van der Waals surface area contributed by atoms with Crippen LogP contribution in [0.25, 0.3) is 100 Å². The third-order valence-electron chi connectivity index (χ3n) is 9.45. The molecule has 5 heteroatoms. The predicted molar refractivity (Wildman–Crippen MR) is 202 cm³/mol. The van der Waals surface area contributed by atoms with Crippen molar-refractivity contribution in [3.8, 4) is 56.2 Å². The van der Waals surface area contributed by atoms with E-state index in [1.807, 2.05) is 73.1 Å². The van der Waals surface area contributed by atoms with Crippen molar-refractivity contribution in [2.75, 3.05) is 0 Å². The number of rotatable bonds is 5. The van der Waals surface area contributed by atoms with Gasteiger partial charge in [0.1, 0.15) is 22.3 Å². The highest BCUT2D eigenvalue weighted by atomic mass is 16.3. The summed E-state index contributed by atoms with van der Waals surface area (Å²) in [5.74, 6) is 0.661.